The number of likely N-dealkylation sites (tertiary alicyclic amines) is 1. The fourth-order valence-corrected chi connectivity index (χ4v) is 10.2. The van der Waals surface area contributed by atoms with Crippen LogP contribution in [0.15, 0.2) is 60.7 Å². The maximum Gasteiger partial charge on any atom is 0.261 e. The van der Waals surface area contributed by atoms with E-state index in [-0.39, 0.29) is 16.7 Å². The molecule has 0 amide bonds. The molecule has 0 radical (unpaired) electrons. The maximum atomic E-state index is 7.47. The fourth-order valence-electron chi connectivity index (χ4n) is 5.42. The first-order valence-electron chi connectivity index (χ1n) is 11.6. The standard InChI is InChI=1S/C26H38N2O2Si/c1-25(2,3)31(22-11-7-5-8-12-22,23-13-9-6-10-14-23)30-24-19-29-20-26(24,4)28-17-15-21(27)16-18-28/h5-14,21,24H,15-20,27H2,1-4H3/t24-,26+/m0/s1. The third kappa shape index (κ3) is 4.14. The van der Waals surface area contributed by atoms with Gasteiger partial charge in [-0.2, -0.15) is 0 Å². The van der Waals surface area contributed by atoms with Crippen molar-refractivity contribution >= 4 is 18.7 Å². The first-order chi connectivity index (χ1) is 14.8. The summed E-state index contributed by atoms with van der Waals surface area (Å²) in [6.07, 6.45) is 2.11. The van der Waals surface area contributed by atoms with Gasteiger partial charge in [0.2, 0.25) is 0 Å². The zero-order valence-corrected chi connectivity index (χ0v) is 20.5. The van der Waals surface area contributed by atoms with E-state index in [9.17, 15) is 0 Å². The Bertz CT molecular complexity index is 807. The van der Waals surface area contributed by atoms with Crippen LogP contribution in [0.3, 0.4) is 0 Å². The van der Waals surface area contributed by atoms with Crippen LogP contribution in [0.2, 0.25) is 5.04 Å². The zero-order chi connectivity index (χ0) is 22.1. The van der Waals surface area contributed by atoms with E-state index in [4.69, 9.17) is 14.9 Å². The Labute approximate surface area is 188 Å². The van der Waals surface area contributed by atoms with E-state index in [2.05, 4.69) is 93.3 Å². The molecule has 4 nitrogen and oxygen atoms in total. The van der Waals surface area contributed by atoms with Gasteiger partial charge in [-0.05, 0) is 35.2 Å². The van der Waals surface area contributed by atoms with Gasteiger partial charge in [0.05, 0.1) is 24.9 Å². The highest BCUT2D eigenvalue weighted by Gasteiger charge is 2.56. The van der Waals surface area contributed by atoms with E-state index in [1.807, 2.05) is 0 Å². The molecule has 0 aromatic heterocycles. The maximum absolute atomic E-state index is 7.47. The first-order valence-corrected chi connectivity index (χ1v) is 13.6. The van der Waals surface area contributed by atoms with E-state index >= 15 is 0 Å². The number of rotatable bonds is 5. The Hall–Kier alpha value is -1.50. The van der Waals surface area contributed by atoms with E-state index in [0.29, 0.717) is 19.3 Å². The lowest BCUT2D eigenvalue weighted by Crippen LogP contribution is -2.70. The van der Waals surface area contributed by atoms with Crippen molar-refractivity contribution in [3.63, 3.8) is 0 Å². The highest BCUT2D eigenvalue weighted by atomic mass is 28.4. The lowest BCUT2D eigenvalue weighted by Gasteiger charge is -2.50. The molecule has 5 heteroatoms. The van der Waals surface area contributed by atoms with Gasteiger partial charge < -0.3 is 14.9 Å². The molecule has 2 aromatic rings. The second-order valence-corrected chi connectivity index (χ2v) is 14.7. The molecule has 0 saturated carbocycles. The number of benzene rings is 2. The summed E-state index contributed by atoms with van der Waals surface area (Å²) in [4.78, 5) is 2.58. The lowest BCUT2D eigenvalue weighted by molar-refractivity contribution is 0.00533. The number of ether oxygens (including phenoxy) is 1. The molecule has 2 saturated heterocycles. The molecular formula is C26H38N2O2Si. The van der Waals surface area contributed by atoms with E-state index < -0.39 is 8.32 Å². The van der Waals surface area contributed by atoms with Crippen LogP contribution in [-0.2, 0) is 9.16 Å². The quantitative estimate of drug-likeness (QED) is 0.729. The van der Waals surface area contributed by atoms with Crippen LogP contribution in [0, 0.1) is 0 Å². The van der Waals surface area contributed by atoms with Gasteiger partial charge in [0.15, 0.2) is 0 Å². The Morgan fingerprint density at radius 1 is 0.968 bits per heavy atom. The van der Waals surface area contributed by atoms with Gasteiger partial charge in [-0.25, -0.2) is 0 Å². The SMILES string of the molecule is CC(C)(C)[Si](O[C@H]1COC[C@@]1(C)N1CCC(N)CC1)(c1ccccc1)c1ccccc1. The normalized spacial score (nSPS) is 26.3. The van der Waals surface area contributed by atoms with E-state index in [1.165, 1.54) is 10.4 Å². The molecule has 168 valence electrons. The van der Waals surface area contributed by atoms with Gasteiger partial charge in [0, 0.05) is 19.1 Å². The van der Waals surface area contributed by atoms with Crippen LogP contribution >= 0.6 is 0 Å². The molecule has 4 rings (SSSR count). The Kier molecular flexibility index (Phi) is 6.43. The largest absolute Gasteiger partial charge is 0.400 e. The molecule has 0 spiro atoms. The molecule has 0 bridgehead atoms. The molecule has 2 fully saturated rings. The lowest BCUT2D eigenvalue weighted by atomic mass is 9.92. The molecule has 2 aliphatic heterocycles. The van der Waals surface area contributed by atoms with Crippen LogP contribution in [0.25, 0.3) is 0 Å². The van der Waals surface area contributed by atoms with Crippen molar-refractivity contribution < 1.29 is 9.16 Å². The van der Waals surface area contributed by atoms with Crippen LogP contribution in [0.4, 0.5) is 0 Å². The van der Waals surface area contributed by atoms with Crippen molar-refractivity contribution in [2.24, 2.45) is 5.73 Å². The van der Waals surface area contributed by atoms with Crippen molar-refractivity contribution in [3.05, 3.63) is 60.7 Å². The summed E-state index contributed by atoms with van der Waals surface area (Å²) in [5, 5.41) is 2.61. The predicted octanol–water partition coefficient (Wildman–Crippen LogP) is 3.14. The van der Waals surface area contributed by atoms with Crippen LogP contribution in [0.1, 0.15) is 40.5 Å². The number of hydrogen-bond acceptors (Lipinski definition) is 4. The second kappa shape index (κ2) is 8.79. The Balaban J connectivity index is 1.78. The summed E-state index contributed by atoms with van der Waals surface area (Å²) in [5.41, 5.74) is 6.07. The minimum absolute atomic E-state index is 0.0214. The average molecular weight is 439 g/mol. The fraction of sp³-hybridized carbons (Fsp3) is 0.538. The van der Waals surface area contributed by atoms with Crippen molar-refractivity contribution in [1.82, 2.24) is 4.90 Å². The molecule has 0 aliphatic carbocycles. The van der Waals surface area contributed by atoms with Crippen LogP contribution in [0.5, 0.6) is 0 Å². The monoisotopic (exact) mass is 438 g/mol. The Morgan fingerprint density at radius 2 is 1.48 bits per heavy atom. The molecule has 31 heavy (non-hydrogen) atoms. The van der Waals surface area contributed by atoms with Gasteiger partial charge in [-0.1, -0.05) is 81.4 Å². The van der Waals surface area contributed by atoms with Gasteiger partial charge in [-0.3, -0.25) is 4.90 Å². The minimum Gasteiger partial charge on any atom is -0.400 e. The summed E-state index contributed by atoms with van der Waals surface area (Å²) in [6.45, 7) is 12.7. The van der Waals surface area contributed by atoms with Gasteiger partial charge in [0.1, 0.15) is 0 Å². The molecule has 2 heterocycles. The van der Waals surface area contributed by atoms with Crippen molar-refractivity contribution in [1.29, 1.82) is 0 Å². The van der Waals surface area contributed by atoms with Crippen molar-refractivity contribution in [3.8, 4) is 0 Å². The predicted molar refractivity (Wildman–Crippen MR) is 131 cm³/mol. The topological polar surface area (TPSA) is 47.7 Å². The van der Waals surface area contributed by atoms with Gasteiger partial charge >= 0.3 is 0 Å². The van der Waals surface area contributed by atoms with Crippen molar-refractivity contribution in [2.45, 2.75) is 63.3 Å². The number of nitrogens with zero attached hydrogens (tertiary/aromatic N) is 1. The van der Waals surface area contributed by atoms with Gasteiger partial charge in [-0.15, -0.1) is 0 Å². The zero-order valence-electron chi connectivity index (χ0n) is 19.5. The summed E-state index contributed by atoms with van der Waals surface area (Å²) < 4.78 is 13.6. The van der Waals surface area contributed by atoms with E-state index in [1.54, 1.807) is 0 Å². The molecule has 2 aliphatic rings. The number of nitrogens with two attached hydrogens (primary N) is 1. The Morgan fingerprint density at radius 3 is 1.97 bits per heavy atom. The molecule has 2 N–H and O–H groups in total. The van der Waals surface area contributed by atoms with Crippen molar-refractivity contribution in [2.75, 3.05) is 26.3 Å². The number of piperidine rings is 1. The third-order valence-corrected chi connectivity index (χ3v) is 12.4. The summed E-state index contributed by atoms with van der Waals surface area (Å²) in [5.74, 6) is 0. The van der Waals surface area contributed by atoms with E-state index in [0.717, 1.165) is 25.9 Å². The average Bonchev–Trinajstić information content (AvgIpc) is 3.14. The minimum atomic E-state index is -2.61. The van der Waals surface area contributed by atoms with Gasteiger partial charge in [0.25, 0.3) is 8.32 Å². The first kappa shape index (κ1) is 22.7. The highest BCUT2D eigenvalue weighted by Crippen LogP contribution is 2.41. The van der Waals surface area contributed by atoms with Crippen LogP contribution < -0.4 is 16.1 Å². The highest BCUT2D eigenvalue weighted by molar-refractivity contribution is 6.99. The summed E-state index contributed by atoms with van der Waals surface area (Å²) in [7, 11) is -2.61. The summed E-state index contributed by atoms with van der Waals surface area (Å²) >= 11 is 0. The van der Waals surface area contributed by atoms with Crippen LogP contribution in [-0.4, -0.2) is 57.2 Å². The number of hydrogen-bond donors (Lipinski definition) is 1. The molecule has 2 atom stereocenters. The second-order valence-electron chi connectivity index (χ2n) is 10.5. The molecular weight excluding hydrogens is 400 g/mol. The third-order valence-electron chi connectivity index (χ3n) is 7.36. The molecule has 2 aromatic carbocycles. The smallest absolute Gasteiger partial charge is 0.261 e. The summed E-state index contributed by atoms with van der Waals surface area (Å²) in [6, 6.07) is 22.1. The molecule has 0 unspecified atom stereocenters.